The Morgan fingerprint density at radius 1 is 1.37 bits per heavy atom. The number of rotatable bonds is 3. The molecule has 3 amide bonds. The van der Waals surface area contributed by atoms with E-state index in [4.69, 9.17) is 0 Å². The van der Waals surface area contributed by atoms with Crippen LogP contribution in [0.5, 0.6) is 0 Å². The molecule has 1 saturated heterocycles. The molecule has 1 rings (SSSR count). The normalized spacial score (nSPS) is 16.5. The van der Waals surface area contributed by atoms with Gasteiger partial charge in [-0.25, -0.2) is 9.59 Å². The van der Waals surface area contributed by atoms with E-state index in [0.29, 0.717) is 13.1 Å². The minimum atomic E-state index is -1.29. The van der Waals surface area contributed by atoms with Crippen LogP contribution in [0.2, 0.25) is 0 Å². The van der Waals surface area contributed by atoms with E-state index in [2.05, 4.69) is 0 Å². The highest BCUT2D eigenvalue weighted by atomic mass is 16.4. The van der Waals surface area contributed by atoms with Gasteiger partial charge in [0.15, 0.2) is 0 Å². The van der Waals surface area contributed by atoms with E-state index in [0.717, 1.165) is 0 Å². The van der Waals surface area contributed by atoms with Crippen molar-refractivity contribution >= 4 is 17.9 Å². The third-order valence-corrected chi connectivity index (χ3v) is 3.47. The quantitative estimate of drug-likeness (QED) is 0.787. The maximum atomic E-state index is 12.4. The Hall–Kier alpha value is -1.79. The number of piperazine rings is 1. The van der Waals surface area contributed by atoms with Crippen molar-refractivity contribution in [2.45, 2.75) is 26.3 Å². The number of carbonyl (C=O) groups is 3. The van der Waals surface area contributed by atoms with Gasteiger partial charge in [0.2, 0.25) is 5.91 Å². The second kappa shape index (κ2) is 5.46. The molecule has 1 aliphatic heterocycles. The van der Waals surface area contributed by atoms with Gasteiger partial charge in [-0.1, -0.05) is 0 Å². The van der Waals surface area contributed by atoms with Crippen molar-refractivity contribution < 1.29 is 19.5 Å². The second-order valence-corrected chi connectivity index (χ2v) is 5.13. The van der Waals surface area contributed by atoms with Crippen molar-refractivity contribution in [3.05, 3.63) is 0 Å². The summed E-state index contributed by atoms with van der Waals surface area (Å²) < 4.78 is 0. The zero-order chi connectivity index (χ0) is 14.8. The summed E-state index contributed by atoms with van der Waals surface area (Å²) in [5.74, 6) is -1.20. The fourth-order valence-electron chi connectivity index (χ4n) is 1.98. The minimum absolute atomic E-state index is 0.00152. The summed E-state index contributed by atoms with van der Waals surface area (Å²) in [6.45, 7) is 5.85. The van der Waals surface area contributed by atoms with Gasteiger partial charge in [0, 0.05) is 26.7 Å². The molecule has 1 N–H and O–H groups in total. The molecule has 108 valence electrons. The lowest BCUT2D eigenvalue weighted by molar-refractivity contribution is -0.147. The first-order valence-electron chi connectivity index (χ1n) is 6.25. The van der Waals surface area contributed by atoms with Crippen LogP contribution < -0.4 is 0 Å². The summed E-state index contributed by atoms with van der Waals surface area (Å²) >= 11 is 0. The molecule has 0 spiro atoms. The zero-order valence-corrected chi connectivity index (χ0v) is 11.8. The number of aliphatic carboxylic acids is 1. The summed E-state index contributed by atoms with van der Waals surface area (Å²) in [4.78, 5) is 39.4. The third-order valence-electron chi connectivity index (χ3n) is 3.47. The molecule has 0 aromatic carbocycles. The standard InChI is InChI=1S/C12H21N3O4/c1-5-15(12(2,3)10(17)18)11(19)14-7-6-13(4)9(16)8-14/h5-8H2,1-4H3,(H,17,18). The molecule has 0 aliphatic carbocycles. The van der Waals surface area contributed by atoms with Gasteiger partial charge in [-0.3, -0.25) is 4.79 Å². The lowest BCUT2D eigenvalue weighted by Crippen LogP contribution is -2.60. The number of carboxylic acid groups (broad SMARTS) is 1. The van der Waals surface area contributed by atoms with E-state index in [1.807, 2.05) is 0 Å². The van der Waals surface area contributed by atoms with Crippen LogP contribution in [-0.2, 0) is 9.59 Å². The Morgan fingerprint density at radius 2 is 1.95 bits per heavy atom. The van der Waals surface area contributed by atoms with Gasteiger partial charge in [-0.05, 0) is 20.8 Å². The van der Waals surface area contributed by atoms with E-state index < -0.39 is 17.5 Å². The third kappa shape index (κ3) is 2.97. The topological polar surface area (TPSA) is 81.2 Å². The average molecular weight is 271 g/mol. The number of amides is 3. The first kappa shape index (κ1) is 15.3. The van der Waals surface area contributed by atoms with E-state index in [-0.39, 0.29) is 19.0 Å². The summed E-state index contributed by atoms with van der Waals surface area (Å²) in [6, 6.07) is -0.406. The lowest BCUT2D eigenvalue weighted by Gasteiger charge is -2.40. The highest BCUT2D eigenvalue weighted by molar-refractivity contribution is 5.89. The number of hydrogen-bond donors (Lipinski definition) is 1. The van der Waals surface area contributed by atoms with Gasteiger partial charge in [-0.2, -0.15) is 0 Å². The van der Waals surface area contributed by atoms with Gasteiger partial charge < -0.3 is 19.8 Å². The molecule has 0 bridgehead atoms. The smallest absolute Gasteiger partial charge is 0.329 e. The predicted molar refractivity (Wildman–Crippen MR) is 68.7 cm³/mol. The number of carbonyl (C=O) groups excluding carboxylic acids is 2. The van der Waals surface area contributed by atoms with Crippen LogP contribution in [0, 0.1) is 0 Å². The van der Waals surface area contributed by atoms with Crippen LogP contribution >= 0.6 is 0 Å². The van der Waals surface area contributed by atoms with Gasteiger partial charge in [-0.15, -0.1) is 0 Å². The number of urea groups is 1. The molecule has 19 heavy (non-hydrogen) atoms. The van der Waals surface area contributed by atoms with Crippen molar-refractivity contribution in [1.29, 1.82) is 0 Å². The van der Waals surface area contributed by atoms with Gasteiger partial charge in [0.1, 0.15) is 12.1 Å². The molecule has 1 heterocycles. The van der Waals surface area contributed by atoms with Gasteiger partial charge >= 0.3 is 12.0 Å². The number of carboxylic acids is 1. The molecule has 7 nitrogen and oxygen atoms in total. The lowest BCUT2D eigenvalue weighted by atomic mass is 10.0. The van der Waals surface area contributed by atoms with Crippen LogP contribution in [0.4, 0.5) is 4.79 Å². The summed E-state index contributed by atoms with van der Waals surface area (Å²) in [5, 5.41) is 9.20. The molecular weight excluding hydrogens is 250 g/mol. The molecular formula is C12H21N3O4. The Bertz CT molecular complexity index is 394. The molecule has 0 aromatic rings. The van der Waals surface area contributed by atoms with E-state index in [1.165, 1.54) is 23.6 Å². The van der Waals surface area contributed by atoms with Crippen LogP contribution in [0.3, 0.4) is 0 Å². The van der Waals surface area contributed by atoms with Gasteiger partial charge in [0.25, 0.3) is 0 Å². The molecule has 0 saturated carbocycles. The Kier molecular flexibility index (Phi) is 4.39. The summed E-state index contributed by atoms with van der Waals surface area (Å²) in [5.41, 5.74) is -1.29. The van der Waals surface area contributed by atoms with Crippen LogP contribution in [0.15, 0.2) is 0 Å². The van der Waals surface area contributed by atoms with E-state index in [9.17, 15) is 19.5 Å². The van der Waals surface area contributed by atoms with Crippen molar-refractivity contribution in [3.63, 3.8) is 0 Å². The maximum absolute atomic E-state index is 12.4. The molecule has 0 atom stereocenters. The van der Waals surface area contributed by atoms with E-state index >= 15 is 0 Å². The molecule has 1 aliphatic rings. The van der Waals surface area contributed by atoms with Gasteiger partial charge in [0.05, 0.1) is 0 Å². The molecule has 7 heteroatoms. The largest absolute Gasteiger partial charge is 0.480 e. The van der Waals surface area contributed by atoms with E-state index in [1.54, 1.807) is 18.9 Å². The minimum Gasteiger partial charge on any atom is -0.480 e. The Labute approximate surface area is 112 Å². The van der Waals surface area contributed by atoms with Crippen LogP contribution in [-0.4, -0.2) is 76.5 Å². The van der Waals surface area contributed by atoms with Crippen molar-refractivity contribution in [2.24, 2.45) is 0 Å². The van der Waals surface area contributed by atoms with Crippen molar-refractivity contribution in [2.75, 3.05) is 33.2 Å². The number of likely N-dealkylation sites (N-methyl/N-ethyl adjacent to an activating group) is 2. The summed E-state index contributed by atoms with van der Waals surface area (Å²) in [7, 11) is 1.68. The predicted octanol–water partition coefficient (Wildman–Crippen LogP) is 0.0655. The number of nitrogens with zero attached hydrogens (tertiary/aromatic N) is 3. The highest BCUT2D eigenvalue weighted by Gasteiger charge is 2.40. The van der Waals surface area contributed by atoms with Crippen molar-refractivity contribution in [1.82, 2.24) is 14.7 Å². The van der Waals surface area contributed by atoms with Crippen LogP contribution in [0.25, 0.3) is 0 Å². The maximum Gasteiger partial charge on any atom is 0.329 e. The average Bonchev–Trinajstić information content (AvgIpc) is 2.32. The highest BCUT2D eigenvalue weighted by Crippen LogP contribution is 2.18. The number of hydrogen-bond acceptors (Lipinski definition) is 3. The first-order valence-corrected chi connectivity index (χ1v) is 6.25. The second-order valence-electron chi connectivity index (χ2n) is 5.13. The monoisotopic (exact) mass is 271 g/mol. The fourth-order valence-corrected chi connectivity index (χ4v) is 1.98. The Morgan fingerprint density at radius 3 is 2.37 bits per heavy atom. The summed E-state index contributed by atoms with van der Waals surface area (Å²) in [6.07, 6.45) is 0. The molecule has 0 aromatic heterocycles. The SMILES string of the molecule is CCN(C(=O)N1CCN(C)C(=O)C1)C(C)(C)C(=O)O. The zero-order valence-electron chi connectivity index (χ0n) is 11.8. The fraction of sp³-hybridized carbons (Fsp3) is 0.750. The van der Waals surface area contributed by atoms with Crippen molar-refractivity contribution in [3.8, 4) is 0 Å². The molecule has 0 radical (unpaired) electrons. The Balaban J connectivity index is 2.86. The van der Waals surface area contributed by atoms with Crippen LogP contribution in [0.1, 0.15) is 20.8 Å². The molecule has 1 fully saturated rings. The first-order chi connectivity index (χ1) is 8.71. The molecule has 0 unspecified atom stereocenters.